The third-order valence-electron chi connectivity index (χ3n) is 3.78. The van der Waals surface area contributed by atoms with Gasteiger partial charge in [0.2, 0.25) is 11.8 Å². The molecule has 0 aliphatic carbocycles. The molecule has 0 bridgehead atoms. The van der Waals surface area contributed by atoms with Crippen LogP contribution in [0, 0.1) is 5.82 Å². The molecule has 7 heteroatoms. The summed E-state index contributed by atoms with van der Waals surface area (Å²) in [5.74, 6) is -2.04. The molecular weight excluding hydrogens is 339 g/mol. The van der Waals surface area contributed by atoms with Crippen LogP contribution in [0.5, 0.6) is 0 Å². The molecule has 2 amide bonds. The number of methoxy groups -OCH3 is 1. The molecule has 0 saturated carbocycles. The summed E-state index contributed by atoms with van der Waals surface area (Å²) in [5, 5.41) is 5.09. The van der Waals surface area contributed by atoms with Gasteiger partial charge in [-0.3, -0.25) is 9.59 Å². The number of carbonyl (C=O) groups is 3. The van der Waals surface area contributed by atoms with Crippen molar-refractivity contribution in [2.75, 3.05) is 7.11 Å². The number of amides is 2. The van der Waals surface area contributed by atoms with E-state index in [2.05, 4.69) is 17.2 Å². The van der Waals surface area contributed by atoms with E-state index in [9.17, 15) is 18.8 Å². The maximum atomic E-state index is 13.9. The van der Waals surface area contributed by atoms with Gasteiger partial charge in [-0.15, -0.1) is 6.58 Å². The van der Waals surface area contributed by atoms with Crippen LogP contribution in [0.3, 0.4) is 0 Å². The molecule has 0 radical (unpaired) electrons. The minimum atomic E-state index is -1.00. The number of carbonyl (C=O) groups excluding carboxylic acids is 3. The first-order valence-corrected chi connectivity index (χ1v) is 8.38. The van der Waals surface area contributed by atoms with Crippen molar-refractivity contribution in [1.29, 1.82) is 0 Å². The van der Waals surface area contributed by atoms with E-state index >= 15 is 0 Å². The Kier molecular flexibility index (Phi) is 9.05. The third kappa shape index (κ3) is 7.04. The zero-order valence-electron chi connectivity index (χ0n) is 15.1. The van der Waals surface area contributed by atoms with E-state index in [1.807, 2.05) is 0 Å². The molecule has 0 aliphatic heterocycles. The highest BCUT2D eigenvalue weighted by Crippen LogP contribution is 2.10. The van der Waals surface area contributed by atoms with Crippen LogP contribution in [0.15, 0.2) is 36.9 Å². The minimum Gasteiger partial charge on any atom is -0.467 e. The topological polar surface area (TPSA) is 84.5 Å². The maximum Gasteiger partial charge on any atom is 0.328 e. The number of unbranched alkanes of at least 4 members (excludes halogenated alkanes) is 1. The van der Waals surface area contributed by atoms with Crippen LogP contribution in [-0.2, 0) is 25.5 Å². The number of benzene rings is 1. The zero-order chi connectivity index (χ0) is 19.5. The van der Waals surface area contributed by atoms with Gasteiger partial charge in [-0.05, 0) is 30.9 Å². The van der Waals surface area contributed by atoms with Crippen LogP contribution in [0.1, 0.15) is 31.7 Å². The molecule has 26 heavy (non-hydrogen) atoms. The summed E-state index contributed by atoms with van der Waals surface area (Å²) in [7, 11) is 1.24. The maximum absolute atomic E-state index is 13.9. The number of halogens is 1. The van der Waals surface area contributed by atoms with Gasteiger partial charge in [-0.1, -0.05) is 24.3 Å². The first-order valence-electron chi connectivity index (χ1n) is 8.38. The molecule has 2 atom stereocenters. The van der Waals surface area contributed by atoms with Crippen molar-refractivity contribution < 1.29 is 23.5 Å². The lowest BCUT2D eigenvalue weighted by Gasteiger charge is -2.22. The lowest BCUT2D eigenvalue weighted by Crippen LogP contribution is -2.52. The van der Waals surface area contributed by atoms with Crippen LogP contribution in [0.25, 0.3) is 0 Å². The number of rotatable bonds is 10. The Bertz CT molecular complexity index is 648. The molecule has 0 saturated heterocycles. The Morgan fingerprint density at radius 3 is 2.50 bits per heavy atom. The molecule has 0 heterocycles. The van der Waals surface area contributed by atoms with Gasteiger partial charge in [0, 0.05) is 13.3 Å². The second kappa shape index (κ2) is 11.0. The van der Waals surface area contributed by atoms with Crippen molar-refractivity contribution in [3.8, 4) is 0 Å². The van der Waals surface area contributed by atoms with E-state index in [0.29, 0.717) is 24.8 Å². The second-order valence-corrected chi connectivity index (χ2v) is 5.85. The lowest BCUT2D eigenvalue weighted by molar-refractivity contribution is -0.145. The third-order valence-corrected chi connectivity index (χ3v) is 3.78. The number of nitrogens with one attached hydrogen (secondary N) is 2. The quantitative estimate of drug-likeness (QED) is 0.377. The smallest absolute Gasteiger partial charge is 0.328 e. The molecule has 0 spiro atoms. The van der Waals surface area contributed by atoms with E-state index in [-0.39, 0.29) is 6.42 Å². The summed E-state index contributed by atoms with van der Waals surface area (Å²) < 4.78 is 18.6. The van der Waals surface area contributed by atoms with E-state index in [0.717, 1.165) is 0 Å². The van der Waals surface area contributed by atoms with Gasteiger partial charge in [0.15, 0.2) is 0 Å². The Morgan fingerprint density at radius 2 is 1.92 bits per heavy atom. The highest BCUT2D eigenvalue weighted by Gasteiger charge is 2.27. The van der Waals surface area contributed by atoms with Gasteiger partial charge in [0.1, 0.15) is 17.9 Å². The summed E-state index contributed by atoms with van der Waals surface area (Å²) in [6.07, 6.45) is 3.39. The predicted molar refractivity (Wildman–Crippen MR) is 95.7 cm³/mol. The average Bonchev–Trinajstić information content (AvgIpc) is 2.61. The first-order chi connectivity index (χ1) is 12.4. The van der Waals surface area contributed by atoms with Crippen molar-refractivity contribution in [1.82, 2.24) is 10.6 Å². The Balaban J connectivity index is 2.88. The van der Waals surface area contributed by atoms with Crippen molar-refractivity contribution in [3.05, 3.63) is 48.3 Å². The van der Waals surface area contributed by atoms with E-state index < -0.39 is 35.7 Å². The second-order valence-electron chi connectivity index (χ2n) is 5.85. The van der Waals surface area contributed by atoms with Gasteiger partial charge < -0.3 is 15.4 Å². The van der Waals surface area contributed by atoms with E-state index in [1.54, 1.807) is 24.3 Å². The molecule has 0 aliphatic rings. The van der Waals surface area contributed by atoms with Crippen molar-refractivity contribution in [2.24, 2.45) is 0 Å². The molecular formula is C19H25FN2O4. The van der Waals surface area contributed by atoms with Crippen molar-refractivity contribution in [3.63, 3.8) is 0 Å². The number of hydrogen-bond donors (Lipinski definition) is 2. The number of allylic oxidation sites excluding steroid dienone is 1. The first kappa shape index (κ1) is 21.3. The molecule has 142 valence electrons. The van der Waals surface area contributed by atoms with E-state index in [1.165, 1.54) is 20.1 Å². The number of ether oxygens (including phenoxy) is 1. The average molecular weight is 364 g/mol. The van der Waals surface area contributed by atoms with E-state index in [4.69, 9.17) is 4.74 Å². The molecule has 6 nitrogen and oxygen atoms in total. The molecule has 1 aromatic carbocycles. The van der Waals surface area contributed by atoms with Crippen LogP contribution in [-0.4, -0.2) is 37.0 Å². The monoisotopic (exact) mass is 364 g/mol. The van der Waals surface area contributed by atoms with Gasteiger partial charge in [0.25, 0.3) is 0 Å². The zero-order valence-corrected chi connectivity index (χ0v) is 15.1. The van der Waals surface area contributed by atoms with Gasteiger partial charge in [0.05, 0.1) is 7.11 Å². The van der Waals surface area contributed by atoms with Gasteiger partial charge in [-0.2, -0.15) is 0 Å². The molecule has 2 N–H and O–H groups in total. The summed E-state index contributed by atoms with van der Waals surface area (Å²) >= 11 is 0. The summed E-state index contributed by atoms with van der Waals surface area (Å²) in [6, 6.07) is 4.16. The highest BCUT2D eigenvalue weighted by atomic mass is 19.1. The van der Waals surface area contributed by atoms with Gasteiger partial charge >= 0.3 is 5.97 Å². The van der Waals surface area contributed by atoms with Crippen LogP contribution >= 0.6 is 0 Å². The fourth-order valence-electron chi connectivity index (χ4n) is 2.47. The molecule has 1 aromatic rings. The Morgan fingerprint density at radius 1 is 1.23 bits per heavy atom. The molecule has 0 unspecified atom stereocenters. The summed E-state index contributed by atoms with van der Waals surface area (Å²) in [5.41, 5.74) is 0.294. The van der Waals surface area contributed by atoms with Crippen LogP contribution in [0.2, 0.25) is 0 Å². The number of esters is 1. The predicted octanol–water partition coefficient (Wildman–Crippen LogP) is 1.89. The van der Waals surface area contributed by atoms with Gasteiger partial charge in [-0.25, -0.2) is 9.18 Å². The Hall–Kier alpha value is -2.70. The lowest BCUT2D eigenvalue weighted by atomic mass is 10.0. The molecule has 1 rings (SSSR count). The summed E-state index contributed by atoms with van der Waals surface area (Å²) in [6.45, 7) is 4.88. The van der Waals surface area contributed by atoms with Crippen molar-refractivity contribution in [2.45, 2.75) is 44.7 Å². The SMILES string of the molecule is C=CCCC[C@H](NC(=O)[C@H](Cc1ccccc1F)NC(C)=O)C(=O)OC. The standard InChI is InChI=1S/C19H25FN2O4/c1-4-5-6-11-16(19(25)26-3)22-18(24)17(21-13(2)23)12-14-9-7-8-10-15(14)20/h4,7-10,16-17H,1,5-6,11-12H2,2-3H3,(H,21,23)(H,22,24)/t16-,17-/m0/s1. The fourth-order valence-corrected chi connectivity index (χ4v) is 2.47. The highest BCUT2D eigenvalue weighted by molar-refractivity contribution is 5.90. The number of hydrogen-bond acceptors (Lipinski definition) is 4. The van der Waals surface area contributed by atoms with Crippen molar-refractivity contribution >= 4 is 17.8 Å². The molecule has 0 aromatic heterocycles. The largest absolute Gasteiger partial charge is 0.467 e. The van der Waals surface area contributed by atoms with Crippen LogP contribution < -0.4 is 10.6 Å². The normalized spacial score (nSPS) is 12.6. The fraction of sp³-hybridized carbons (Fsp3) is 0.421. The van der Waals surface area contributed by atoms with Crippen LogP contribution in [0.4, 0.5) is 4.39 Å². The summed E-state index contributed by atoms with van der Waals surface area (Å²) in [4.78, 5) is 35.9. The molecule has 0 fully saturated rings. The minimum absolute atomic E-state index is 0.0291. The Labute approximate surface area is 152 Å².